The van der Waals surface area contributed by atoms with Gasteiger partial charge in [-0.1, -0.05) is 12.1 Å². The van der Waals surface area contributed by atoms with Crippen molar-refractivity contribution < 1.29 is 13.9 Å². The number of benzene rings is 3. The monoisotopic (exact) mass is 600 g/mol. The number of aromatic nitrogens is 6. The Hall–Kier alpha value is -4.84. The highest BCUT2D eigenvalue weighted by molar-refractivity contribution is 5.55. The van der Waals surface area contributed by atoms with Crippen LogP contribution in [0.2, 0.25) is 0 Å². The Morgan fingerprint density at radius 2 is 1.50 bits per heavy atom. The molecule has 1 saturated heterocycles. The van der Waals surface area contributed by atoms with Crippen LogP contribution in [0.3, 0.4) is 0 Å². The number of rotatable bonds is 8. The van der Waals surface area contributed by atoms with Crippen LogP contribution in [-0.2, 0) is 12.1 Å². The van der Waals surface area contributed by atoms with Crippen LogP contribution in [-0.4, -0.2) is 60.4 Å². The second kappa shape index (κ2) is 11.7. The van der Waals surface area contributed by atoms with Crippen LogP contribution in [0.25, 0.3) is 5.69 Å². The molecule has 1 N–H and O–H groups in total. The van der Waals surface area contributed by atoms with Gasteiger partial charge in [0.2, 0.25) is 0 Å². The van der Waals surface area contributed by atoms with Crippen molar-refractivity contribution in [2.24, 2.45) is 0 Å². The largest absolute Gasteiger partial charge is 0.381 e. The molecule has 12 heteroatoms. The standard InChI is InChI=1S/C32H34F2N8O2/c1-22-4-6-28(16-23(22)2)39-14-12-38(13-15-39)26-7-9-27(10-8-26)41-21-37-42(31(41)43)24(3)32(44,18-40-20-35-19-36-40)29-11-5-25(33)17-30(29)34/h4-11,16-17,19-21,24,44H,12-15,18H2,1-3H3/t24-,32-/m0/s1. The van der Waals surface area contributed by atoms with E-state index >= 15 is 0 Å². The highest BCUT2D eigenvalue weighted by Gasteiger charge is 2.42. The first kappa shape index (κ1) is 29.2. The number of aliphatic hydroxyl groups is 1. The van der Waals surface area contributed by atoms with Gasteiger partial charge in [0, 0.05) is 49.2 Å². The van der Waals surface area contributed by atoms with Gasteiger partial charge in [0.1, 0.15) is 36.2 Å². The minimum Gasteiger partial charge on any atom is -0.381 e. The zero-order valence-electron chi connectivity index (χ0n) is 24.8. The maximum Gasteiger partial charge on any atom is 0.350 e. The number of hydrogen-bond acceptors (Lipinski definition) is 7. The van der Waals surface area contributed by atoms with Crippen molar-refractivity contribution in [2.45, 2.75) is 39.0 Å². The van der Waals surface area contributed by atoms with E-state index in [0.29, 0.717) is 11.8 Å². The van der Waals surface area contributed by atoms with Crippen LogP contribution < -0.4 is 15.5 Å². The summed E-state index contributed by atoms with van der Waals surface area (Å²) in [5, 5.41) is 20.2. The number of aryl methyl sites for hydroxylation is 2. The van der Waals surface area contributed by atoms with Crippen molar-refractivity contribution in [1.29, 1.82) is 0 Å². The Kier molecular flexibility index (Phi) is 7.76. The molecule has 10 nitrogen and oxygen atoms in total. The lowest BCUT2D eigenvalue weighted by Gasteiger charge is -2.37. The number of piperazine rings is 1. The molecule has 44 heavy (non-hydrogen) atoms. The molecular formula is C32H34F2N8O2. The predicted molar refractivity (Wildman–Crippen MR) is 163 cm³/mol. The second-order valence-electron chi connectivity index (χ2n) is 11.3. The molecule has 0 radical (unpaired) electrons. The molecule has 0 unspecified atom stereocenters. The summed E-state index contributed by atoms with van der Waals surface area (Å²) in [7, 11) is 0. The van der Waals surface area contributed by atoms with Crippen LogP contribution >= 0.6 is 0 Å². The topological polar surface area (TPSA) is 97.2 Å². The maximum absolute atomic E-state index is 15.0. The van der Waals surface area contributed by atoms with Gasteiger partial charge in [-0.25, -0.2) is 32.5 Å². The van der Waals surface area contributed by atoms with Crippen molar-refractivity contribution in [2.75, 3.05) is 36.0 Å². The van der Waals surface area contributed by atoms with Crippen molar-refractivity contribution in [1.82, 2.24) is 29.1 Å². The maximum atomic E-state index is 15.0. The molecule has 0 amide bonds. The summed E-state index contributed by atoms with van der Waals surface area (Å²) in [5.74, 6) is -1.73. The molecule has 5 aromatic rings. The minimum absolute atomic E-state index is 0.190. The third kappa shape index (κ3) is 5.48. The second-order valence-corrected chi connectivity index (χ2v) is 11.3. The van der Waals surface area contributed by atoms with E-state index in [4.69, 9.17) is 0 Å². The van der Waals surface area contributed by atoms with Crippen molar-refractivity contribution in [3.05, 3.63) is 118 Å². The van der Waals surface area contributed by atoms with Gasteiger partial charge < -0.3 is 14.9 Å². The zero-order valence-corrected chi connectivity index (χ0v) is 24.8. The Morgan fingerprint density at radius 3 is 2.14 bits per heavy atom. The molecule has 0 bridgehead atoms. The van der Waals surface area contributed by atoms with E-state index in [1.165, 1.54) is 51.1 Å². The number of hydrogen-bond donors (Lipinski definition) is 1. The highest BCUT2D eigenvalue weighted by atomic mass is 19.1. The Bertz CT molecular complexity index is 1810. The fourth-order valence-electron chi connectivity index (χ4n) is 5.77. The molecule has 2 aromatic heterocycles. The first-order valence-electron chi connectivity index (χ1n) is 14.5. The Balaban J connectivity index is 1.21. The van der Waals surface area contributed by atoms with Gasteiger partial charge in [0.15, 0.2) is 0 Å². The van der Waals surface area contributed by atoms with Crippen LogP contribution in [0.15, 0.2) is 84.4 Å². The summed E-state index contributed by atoms with van der Waals surface area (Å²) in [6, 6.07) is 16.1. The van der Waals surface area contributed by atoms with E-state index in [1.807, 2.05) is 24.3 Å². The Morgan fingerprint density at radius 1 is 0.841 bits per heavy atom. The summed E-state index contributed by atoms with van der Waals surface area (Å²) in [4.78, 5) is 22.2. The van der Waals surface area contributed by atoms with Gasteiger partial charge in [-0.3, -0.25) is 0 Å². The third-order valence-corrected chi connectivity index (χ3v) is 8.65. The summed E-state index contributed by atoms with van der Waals surface area (Å²) in [5.41, 5.74) is 2.74. The van der Waals surface area contributed by atoms with Gasteiger partial charge in [-0.15, -0.1) is 0 Å². The number of halogens is 2. The molecule has 1 fully saturated rings. The lowest BCUT2D eigenvalue weighted by Crippen LogP contribution is -2.46. The molecule has 6 rings (SSSR count). The molecule has 1 aliphatic heterocycles. The predicted octanol–water partition coefficient (Wildman–Crippen LogP) is 4.00. The SMILES string of the molecule is Cc1ccc(N2CCN(c3ccc(-n4cnn([C@@H](C)[C@@](O)(Cn5cncn5)c5ccc(F)cc5F)c4=O)cc3)CC2)cc1C. The third-order valence-electron chi connectivity index (χ3n) is 8.65. The van der Waals surface area contributed by atoms with E-state index in [2.05, 4.69) is 57.0 Å². The van der Waals surface area contributed by atoms with Gasteiger partial charge in [0.25, 0.3) is 0 Å². The van der Waals surface area contributed by atoms with Crippen molar-refractivity contribution >= 4 is 11.4 Å². The van der Waals surface area contributed by atoms with Gasteiger partial charge in [0.05, 0.1) is 18.3 Å². The fraction of sp³-hybridized carbons (Fsp3) is 0.312. The smallest absolute Gasteiger partial charge is 0.350 e. The van der Waals surface area contributed by atoms with E-state index in [-0.39, 0.29) is 12.1 Å². The van der Waals surface area contributed by atoms with Crippen LogP contribution in [0.1, 0.15) is 29.7 Å². The van der Waals surface area contributed by atoms with Crippen LogP contribution in [0, 0.1) is 25.5 Å². The highest BCUT2D eigenvalue weighted by Crippen LogP contribution is 2.36. The summed E-state index contributed by atoms with van der Waals surface area (Å²) in [6.45, 7) is 9.10. The quantitative estimate of drug-likeness (QED) is 0.288. The average molecular weight is 601 g/mol. The van der Waals surface area contributed by atoms with Crippen molar-refractivity contribution in [3.63, 3.8) is 0 Å². The molecule has 0 saturated carbocycles. The first-order chi connectivity index (χ1) is 21.1. The lowest BCUT2D eigenvalue weighted by atomic mass is 9.86. The Labute approximate surface area is 253 Å². The normalized spacial score (nSPS) is 15.8. The van der Waals surface area contributed by atoms with E-state index in [9.17, 15) is 18.7 Å². The zero-order chi connectivity index (χ0) is 31.0. The molecule has 1 aliphatic rings. The molecule has 0 spiro atoms. The lowest BCUT2D eigenvalue weighted by molar-refractivity contribution is -0.0381. The van der Waals surface area contributed by atoms with E-state index < -0.39 is 29.0 Å². The molecule has 3 aromatic carbocycles. The van der Waals surface area contributed by atoms with Gasteiger partial charge in [-0.05, 0) is 74.4 Å². The van der Waals surface area contributed by atoms with Crippen LogP contribution in [0.5, 0.6) is 0 Å². The van der Waals surface area contributed by atoms with Gasteiger partial charge >= 0.3 is 5.69 Å². The first-order valence-corrected chi connectivity index (χ1v) is 14.5. The molecular weight excluding hydrogens is 566 g/mol. The summed E-state index contributed by atoms with van der Waals surface area (Å²) in [6.07, 6.45) is 4.01. The van der Waals surface area contributed by atoms with Crippen molar-refractivity contribution in [3.8, 4) is 5.69 Å². The van der Waals surface area contributed by atoms with E-state index in [0.717, 1.165) is 42.6 Å². The van der Waals surface area contributed by atoms with E-state index in [1.54, 1.807) is 6.92 Å². The average Bonchev–Trinajstić information content (AvgIpc) is 3.67. The molecule has 3 heterocycles. The fourth-order valence-corrected chi connectivity index (χ4v) is 5.77. The summed E-state index contributed by atoms with van der Waals surface area (Å²) < 4.78 is 32.5. The molecule has 2 atom stereocenters. The van der Waals surface area contributed by atoms with Crippen LogP contribution in [0.4, 0.5) is 20.2 Å². The number of nitrogens with zero attached hydrogens (tertiary/aromatic N) is 8. The molecule has 0 aliphatic carbocycles. The summed E-state index contributed by atoms with van der Waals surface area (Å²) >= 11 is 0. The number of anilines is 2. The minimum atomic E-state index is -2.02. The van der Waals surface area contributed by atoms with Gasteiger partial charge in [-0.2, -0.15) is 10.2 Å². The molecule has 228 valence electrons.